The van der Waals surface area contributed by atoms with Crippen LogP contribution in [0.3, 0.4) is 0 Å². The van der Waals surface area contributed by atoms with Crippen molar-refractivity contribution in [1.82, 2.24) is 9.97 Å². The fraction of sp³-hybridized carbons (Fsp3) is 0. The van der Waals surface area contributed by atoms with Gasteiger partial charge in [0.05, 0.1) is 16.3 Å². The van der Waals surface area contributed by atoms with Crippen molar-refractivity contribution in [3.8, 4) is 11.3 Å². The second kappa shape index (κ2) is 6.44. The third-order valence-electron chi connectivity index (χ3n) is 2.86. The summed E-state index contributed by atoms with van der Waals surface area (Å²) in [5.41, 5.74) is 1.93. The van der Waals surface area contributed by atoms with E-state index in [1.165, 1.54) is 17.5 Å². The van der Waals surface area contributed by atoms with E-state index in [0.717, 1.165) is 5.56 Å². The van der Waals surface area contributed by atoms with Crippen LogP contribution in [-0.2, 0) is 0 Å². The molecule has 0 unspecified atom stereocenters. The number of thiazole rings is 1. The summed E-state index contributed by atoms with van der Waals surface area (Å²) >= 11 is 13.4. The lowest BCUT2D eigenvalue weighted by atomic mass is 10.2. The minimum absolute atomic E-state index is 0.254. The van der Waals surface area contributed by atoms with Crippen LogP contribution in [0.5, 0.6) is 0 Å². The summed E-state index contributed by atoms with van der Waals surface area (Å²) in [4.78, 5) is 20.3. The highest BCUT2D eigenvalue weighted by Gasteiger charge is 2.12. The van der Waals surface area contributed by atoms with Gasteiger partial charge in [-0.3, -0.25) is 15.1 Å². The Kier molecular flexibility index (Phi) is 4.38. The fourth-order valence-corrected chi connectivity index (χ4v) is 3.03. The SMILES string of the molecule is O=C(Nc1nc(-c2ccc(Cl)cc2Cl)cs1)c1cccnc1. The summed E-state index contributed by atoms with van der Waals surface area (Å²) < 4.78 is 0. The second-order valence-electron chi connectivity index (χ2n) is 4.36. The summed E-state index contributed by atoms with van der Waals surface area (Å²) in [5.74, 6) is -0.254. The summed E-state index contributed by atoms with van der Waals surface area (Å²) in [6.45, 7) is 0. The van der Waals surface area contributed by atoms with Gasteiger partial charge in [-0.25, -0.2) is 4.98 Å². The molecule has 0 fully saturated rings. The molecule has 2 aromatic heterocycles. The average molecular weight is 350 g/mol. The van der Waals surface area contributed by atoms with Crippen LogP contribution in [0, 0.1) is 0 Å². The van der Waals surface area contributed by atoms with Crippen molar-refractivity contribution < 1.29 is 4.79 Å². The first-order valence-corrected chi connectivity index (χ1v) is 7.89. The van der Waals surface area contributed by atoms with E-state index in [2.05, 4.69) is 15.3 Å². The highest BCUT2D eigenvalue weighted by molar-refractivity contribution is 7.14. The molecule has 1 N–H and O–H groups in total. The van der Waals surface area contributed by atoms with Crippen molar-refractivity contribution in [3.63, 3.8) is 0 Å². The number of rotatable bonds is 3. The van der Waals surface area contributed by atoms with Crippen molar-refractivity contribution in [2.24, 2.45) is 0 Å². The molecule has 3 rings (SSSR count). The van der Waals surface area contributed by atoms with Gasteiger partial charge in [0, 0.05) is 28.4 Å². The topological polar surface area (TPSA) is 54.9 Å². The molecular weight excluding hydrogens is 341 g/mol. The summed E-state index contributed by atoms with van der Waals surface area (Å²) in [6.07, 6.45) is 3.11. The van der Waals surface area contributed by atoms with Crippen molar-refractivity contribution in [2.75, 3.05) is 5.32 Å². The molecule has 4 nitrogen and oxygen atoms in total. The molecule has 0 saturated carbocycles. The van der Waals surface area contributed by atoms with Crippen molar-refractivity contribution in [3.05, 3.63) is 63.7 Å². The molecule has 0 radical (unpaired) electrons. The molecule has 1 amide bonds. The van der Waals surface area contributed by atoms with Gasteiger partial charge in [-0.15, -0.1) is 11.3 Å². The van der Waals surface area contributed by atoms with Crippen LogP contribution in [0.15, 0.2) is 48.1 Å². The molecule has 0 aliphatic carbocycles. The van der Waals surface area contributed by atoms with E-state index in [4.69, 9.17) is 23.2 Å². The van der Waals surface area contributed by atoms with Crippen LogP contribution < -0.4 is 5.32 Å². The van der Waals surface area contributed by atoms with Crippen LogP contribution in [0.1, 0.15) is 10.4 Å². The van der Waals surface area contributed by atoms with E-state index < -0.39 is 0 Å². The van der Waals surface area contributed by atoms with E-state index >= 15 is 0 Å². The van der Waals surface area contributed by atoms with Crippen LogP contribution in [0.2, 0.25) is 10.0 Å². The number of anilines is 1. The lowest BCUT2D eigenvalue weighted by Gasteiger charge is -2.02. The molecular formula is C15H9Cl2N3OS. The number of halogens is 2. The third kappa shape index (κ3) is 3.27. The van der Waals surface area contributed by atoms with Gasteiger partial charge in [-0.2, -0.15) is 0 Å². The zero-order valence-corrected chi connectivity index (χ0v) is 13.4. The van der Waals surface area contributed by atoms with Crippen LogP contribution in [0.25, 0.3) is 11.3 Å². The van der Waals surface area contributed by atoms with E-state index in [9.17, 15) is 4.79 Å². The van der Waals surface area contributed by atoms with Gasteiger partial charge >= 0.3 is 0 Å². The van der Waals surface area contributed by atoms with Gasteiger partial charge in [0.15, 0.2) is 5.13 Å². The molecule has 0 bridgehead atoms. The Bertz CT molecular complexity index is 821. The maximum atomic E-state index is 12.0. The average Bonchev–Trinajstić information content (AvgIpc) is 2.96. The Morgan fingerprint density at radius 3 is 2.82 bits per heavy atom. The van der Waals surface area contributed by atoms with Crippen LogP contribution >= 0.6 is 34.5 Å². The first-order valence-electron chi connectivity index (χ1n) is 6.26. The third-order valence-corrected chi connectivity index (χ3v) is 4.16. The number of amides is 1. The molecule has 7 heteroatoms. The lowest BCUT2D eigenvalue weighted by molar-refractivity contribution is 0.102. The smallest absolute Gasteiger partial charge is 0.259 e. The summed E-state index contributed by atoms with van der Waals surface area (Å²) in [5, 5.41) is 6.14. The van der Waals surface area contributed by atoms with Gasteiger partial charge in [-0.05, 0) is 30.3 Å². The molecule has 1 aromatic carbocycles. The largest absolute Gasteiger partial charge is 0.298 e. The highest BCUT2D eigenvalue weighted by Crippen LogP contribution is 2.32. The minimum Gasteiger partial charge on any atom is -0.298 e. The zero-order chi connectivity index (χ0) is 15.5. The molecule has 0 saturated heterocycles. The Hall–Kier alpha value is -1.95. The maximum absolute atomic E-state index is 12.0. The van der Waals surface area contributed by atoms with Crippen LogP contribution in [-0.4, -0.2) is 15.9 Å². The van der Waals surface area contributed by atoms with Gasteiger partial charge < -0.3 is 0 Å². The zero-order valence-electron chi connectivity index (χ0n) is 11.1. The standard InChI is InChI=1S/C15H9Cl2N3OS/c16-10-3-4-11(12(17)6-10)13-8-22-15(19-13)20-14(21)9-2-1-5-18-7-9/h1-8H,(H,19,20,21). The number of nitrogens with one attached hydrogen (secondary N) is 1. The number of nitrogens with zero attached hydrogens (tertiary/aromatic N) is 2. The van der Waals surface area contributed by atoms with Gasteiger partial charge in [0.1, 0.15) is 0 Å². The van der Waals surface area contributed by atoms with Gasteiger partial charge in [0.2, 0.25) is 0 Å². The minimum atomic E-state index is -0.254. The Morgan fingerprint density at radius 2 is 2.09 bits per heavy atom. The molecule has 110 valence electrons. The lowest BCUT2D eigenvalue weighted by Crippen LogP contribution is -2.11. The van der Waals surface area contributed by atoms with E-state index in [1.54, 1.807) is 36.5 Å². The van der Waals surface area contributed by atoms with Crippen LogP contribution in [0.4, 0.5) is 5.13 Å². The number of hydrogen-bond donors (Lipinski definition) is 1. The number of benzene rings is 1. The molecule has 3 aromatic rings. The Balaban J connectivity index is 1.81. The van der Waals surface area contributed by atoms with E-state index in [0.29, 0.717) is 26.4 Å². The molecule has 0 aliphatic heterocycles. The van der Waals surface area contributed by atoms with Gasteiger partial charge in [0.25, 0.3) is 5.91 Å². The maximum Gasteiger partial charge on any atom is 0.259 e. The number of carbonyl (C=O) groups is 1. The molecule has 0 atom stereocenters. The summed E-state index contributed by atoms with van der Waals surface area (Å²) in [7, 11) is 0. The van der Waals surface area contributed by atoms with Gasteiger partial charge in [-0.1, -0.05) is 23.2 Å². The predicted molar refractivity (Wildman–Crippen MR) is 89.8 cm³/mol. The molecule has 2 heterocycles. The van der Waals surface area contributed by atoms with Crippen molar-refractivity contribution in [2.45, 2.75) is 0 Å². The van der Waals surface area contributed by atoms with E-state index in [-0.39, 0.29) is 5.91 Å². The van der Waals surface area contributed by atoms with E-state index in [1.807, 2.05) is 5.38 Å². The first-order chi connectivity index (χ1) is 10.6. The Morgan fingerprint density at radius 1 is 1.23 bits per heavy atom. The Labute approximate surface area is 140 Å². The monoisotopic (exact) mass is 349 g/mol. The van der Waals surface area contributed by atoms with Crippen molar-refractivity contribution >= 4 is 45.6 Å². The number of carbonyl (C=O) groups excluding carboxylic acids is 1. The quantitative estimate of drug-likeness (QED) is 0.741. The first kappa shape index (κ1) is 15.0. The molecule has 0 spiro atoms. The predicted octanol–water partition coefficient (Wildman–Crippen LogP) is 4.76. The number of aromatic nitrogens is 2. The molecule has 0 aliphatic rings. The number of hydrogen-bond acceptors (Lipinski definition) is 4. The molecule has 22 heavy (non-hydrogen) atoms. The second-order valence-corrected chi connectivity index (χ2v) is 6.06. The van der Waals surface area contributed by atoms with Crippen molar-refractivity contribution in [1.29, 1.82) is 0 Å². The highest BCUT2D eigenvalue weighted by atomic mass is 35.5. The fourth-order valence-electron chi connectivity index (χ4n) is 1.82. The normalized spacial score (nSPS) is 10.5. The summed E-state index contributed by atoms with van der Waals surface area (Å²) in [6, 6.07) is 8.59. The number of pyridine rings is 1.